The molecule has 1 fully saturated rings. The zero-order chi connectivity index (χ0) is 13.7. The summed E-state index contributed by atoms with van der Waals surface area (Å²) in [5.74, 6) is 5.92. The monoisotopic (exact) mass is 286 g/mol. The maximum atomic E-state index is 12.0. The van der Waals surface area contributed by atoms with Crippen LogP contribution in [0.4, 0.5) is 5.69 Å². The van der Waals surface area contributed by atoms with Crippen LogP contribution in [-0.4, -0.2) is 33.2 Å². The summed E-state index contributed by atoms with van der Waals surface area (Å²) in [6.07, 6.45) is 3.83. The largest absolute Gasteiger partial charge is 0.380 e. The van der Waals surface area contributed by atoms with E-state index in [0.29, 0.717) is 19.1 Å². The highest BCUT2D eigenvalue weighted by Crippen LogP contribution is 2.28. The summed E-state index contributed by atoms with van der Waals surface area (Å²) >= 11 is 0. The number of ether oxygens (including phenoxy) is 1. The number of anilines is 1. The fraction of sp³-hybridized carbons (Fsp3) is 0.545. The van der Waals surface area contributed by atoms with Gasteiger partial charge in [0.1, 0.15) is 0 Å². The second-order valence-electron chi connectivity index (χ2n) is 4.42. The highest BCUT2D eigenvalue weighted by atomic mass is 32.2. The van der Waals surface area contributed by atoms with Gasteiger partial charge in [-0.2, -0.15) is 0 Å². The first-order chi connectivity index (χ1) is 9.13. The van der Waals surface area contributed by atoms with Crippen LogP contribution in [0, 0.1) is 5.92 Å². The molecule has 0 atom stereocenters. The number of rotatable bonds is 8. The van der Waals surface area contributed by atoms with Crippen LogP contribution in [0.15, 0.2) is 23.4 Å². The molecule has 0 unspecified atom stereocenters. The number of pyridine rings is 1. The van der Waals surface area contributed by atoms with Crippen LogP contribution in [0.2, 0.25) is 0 Å². The first-order valence-corrected chi connectivity index (χ1v) is 7.61. The molecular weight excluding hydrogens is 268 g/mol. The number of hydrogen-bond acceptors (Lipinski definition) is 6. The minimum Gasteiger partial charge on any atom is -0.380 e. The number of hydrazine groups is 1. The van der Waals surface area contributed by atoms with E-state index in [9.17, 15) is 8.42 Å². The van der Waals surface area contributed by atoms with Crippen LogP contribution < -0.4 is 16.0 Å². The smallest absolute Gasteiger partial charge is 0.260 e. The topological polar surface area (TPSA) is 106 Å². The summed E-state index contributed by atoms with van der Waals surface area (Å²) in [6, 6.07) is 3.15. The summed E-state index contributed by atoms with van der Waals surface area (Å²) in [6.45, 7) is 1.28. The molecule has 8 heteroatoms. The van der Waals surface area contributed by atoms with Gasteiger partial charge >= 0.3 is 0 Å². The van der Waals surface area contributed by atoms with Crippen LogP contribution >= 0.6 is 0 Å². The molecule has 19 heavy (non-hydrogen) atoms. The van der Waals surface area contributed by atoms with Crippen molar-refractivity contribution in [3.05, 3.63) is 18.3 Å². The van der Waals surface area contributed by atoms with E-state index in [1.807, 2.05) is 0 Å². The van der Waals surface area contributed by atoms with Crippen molar-refractivity contribution in [2.45, 2.75) is 17.9 Å². The van der Waals surface area contributed by atoms with Gasteiger partial charge < -0.3 is 10.2 Å². The van der Waals surface area contributed by atoms with Gasteiger partial charge in [0, 0.05) is 19.3 Å². The van der Waals surface area contributed by atoms with Crippen molar-refractivity contribution in [2.75, 3.05) is 25.2 Å². The summed E-state index contributed by atoms with van der Waals surface area (Å²) in [5, 5.41) is -0.111. The van der Waals surface area contributed by atoms with E-state index >= 15 is 0 Å². The van der Waals surface area contributed by atoms with Crippen molar-refractivity contribution in [2.24, 2.45) is 11.8 Å². The lowest BCUT2D eigenvalue weighted by Crippen LogP contribution is -2.29. The zero-order valence-electron chi connectivity index (χ0n) is 10.5. The van der Waals surface area contributed by atoms with E-state index in [-0.39, 0.29) is 17.3 Å². The van der Waals surface area contributed by atoms with E-state index in [2.05, 4.69) is 15.1 Å². The number of nitrogens with zero attached hydrogens (tertiary/aromatic N) is 1. The van der Waals surface area contributed by atoms with E-state index in [4.69, 9.17) is 10.6 Å². The fourth-order valence-corrected chi connectivity index (χ4v) is 2.67. The number of aromatic nitrogens is 1. The van der Waals surface area contributed by atoms with Gasteiger partial charge in [0.2, 0.25) is 0 Å². The predicted octanol–water partition coefficient (Wildman–Crippen LogP) is 0.0721. The van der Waals surface area contributed by atoms with Crippen LogP contribution in [0.25, 0.3) is 0 Å². The summed E-state index contributed by atoms with van der Waals surface area (Å²) in [7, 11) is -3.67. The number of sulfonamides is 1. The summed E-state index contributed by atoms with van der Waals surface area (Å²) in [5.41, 5.74) is 2.57. The molecule has 1 aromatic rings. The molecule has 0 radical (unpaired) electrons. The van der Waals surface area contributed by atoms with Crippen molar-refractivity contribution in [3.63, 3.8) is 0 Å². The third-order valence-corrected chi connectivity index (χ3v) is 4.19. The maximum Gasteiger partial charge on any atom is 0.260 e. The van der Waals surface area contributed by atoms with Gasteiger partial charge in [-0.15, -0.1) is 0 Å². The minimum atomic E-state index is -3.67. The quantitative estimate of drug-likeness (QED) is 0.355. The van der Waals surface area contributed by atoms with Gasteiger partial charge in [0.15, 0.2) is 5.03 Å². The van der Waals surface area contributed by atoms with Gasteiger partial charge in [-0.25, -0.2) is 18.1 Å². The van der Waals surface area contributed by atoms with Crippen molar-refractivity contribution in [3.8, 4) is 0 Å². The Labute approximate surface area is 112 Å². The molecule has 2 rings (SSSR count). The van der Waals surface area contributed by atoms with Crippen molar-refractivity contribution in [1.29, 1.82) is 0 Å². The molecule has 0 aliphatic heterocycles. The van der Waals surface area contributed by atoms with Crippen molar-refractivity contribution < 1.29 is 13.2 Å². The highest BCUT2D eigenvalue weighted by Gasteiger charge is 2.22. The molecular formula is C11H18N4O3S. The summed E-state index contributed by atoms with van der Waals surface area (Å²) in [4.78, 5) is 3.82. The average Bonchev–Trinajstić information content (AvgIpc) is 3.22. The predicted molar refractivity (Wildman–Crippen MR) is 70.8 cm³/mol. The van der Waals surface area contributed by atoms with E-state index in [1.165, 1.54) is 19.0 Å². The Bertz CT molecular complexity index is 516. The second-order valence-corrected chi connectivity index (χ2v) is 6.10. The Kier molecular flexibility index (Phi) is 4.70. The Hall–Kier alpha value is -1.22. The lowest BCUT2D eigenvalue weighted by Gasteiger charge is -2.09. The van der Waals surface area contributed by atoms with Gasteiger partial charge in [-0.05, 0) is 30.9 Å². The Morgan fingerprint density at radius 1 is 1.47 bits per heavy atom. The van der Waals surface area contributed by atoms with Crippen molar-refractivity contribution in [1.82, 2.24) is 9.71 Å². The Morgan fingerprint density at radius 2 is 2.26 bits per heavy atom. The van der Waals surface area contributed by atoms with Gasteiger partial charge in [0.25, 0.3) is 10.0 Å². The first kappa shape index (κ1) is 14.2. The van der Waals surface area contributed by atoms with Crippen LogP contribution in [0.5, 0.6) is 0 Å². The molecule has 0 amide bonds. The fourth-order valence-electron chi connectivity index (χ4n) is 1.57. The zero-order valence-corrected chi connectivity index (χ0v) is 11.3. The highest BCUT2D eigenvalue weighted by molar-refractivity contribution is 7.89. The van der Waals surface area contributed by atoms with Crippen LogP contribution in [0.1, 0.15) is 12.8 Å². The standard InChI is InChI=1S/C11H18N4O3S/c12-15-10-2-1-5-13-11(10)19(16,17)14-6-7-18-8-9-3-4-9/h1-2,5,9,14-15H,3-4,6-8,12H2. The molecule has 106 valence electrons. The molecule has 0 bridgehead atoms. The van der Waals surface area contributed by atoms with Gasteiger partial charge in [-0.1, -0.05) is 0 Å². The second kappa shape index (κ2) is 6.29. The van der Waals surface area contributed by atoms with Crippen LogP contribution in [0.3, 0.4) is 0 Å². The molecule has 0 saturated heterocycles. The Morgan fingerprint density at radius 3 is 2.95 bits per heavy atom. The molecule has 1 heterocycles. The summed E-state index contributed by atoms with van der Waals surface area (Å²) < 4.78 is 31.8. The third-order valence-electron chi connectivity index (χ3n) is 2.77. The molecule has 4 N–H and O–H groups in total. The molecule has 0 aromatic carbocycles. The Balaban J connectivity index is 1.86. The third kappa shape index (κ3) is 4.13. The minimum absolute atomic E-state index is 0.111. The first-order valence-electron chi connectivity index (χ1n) is 6.12. The molecule has 7 nitrogen and oxygen atoms in total. The number of hydrogen-bond donors (Lipinski definition) is 3. The SMILES string of the molecule is NNc1cccnc1S(=O)(=O)NCCOCC1CC1. The lowest BCUT2D eigenvalue weighted by atomic mass is 10.4. The molecule has 1 aliphatic rings. The van der Waals surface area contributed by atoms with Crippen LogP contribution in [-0.2, 0) is 14.8 Å². The maximum absolute atomic E-state index is 12.0. The van der Waals surface area contributed by atoms with E-state index < -0.39 is 10.0 Å². The lowest BCUT2D eigenvalue weighted by molar-refractivity contribution is 0.129. The molecule has 1 saturated carbocycles. The van der Waals surface area contributed by atoms with Gasteiger partial charge in [-0.3, -0.25) is 5.84 Å². The number of nitrogen functional groups attached to an aromatic ring is 1. The molecule has 1 aromatic heterocycles. The van der Waals surface area contributed by atoms with E-state index in [0.717, 1.165) is 0 Å². The van der Waals surface area contributed by atoms with E-state index in [1.54, 1.807) is 12.1 Å². The molecule has 1 aliphatic carbocycles. The molecule has 0 spiro atoms. The number of nitrogens with two attached hydrogens (primary N) is 1. The normalized spacial score (nSPS) is 15.4. The van der Waals surface area contributed by atoms with Gasteiger partial charge in [0.05, 0.1) is 12.3 Å². The number of nitrogens with one attached hydrogen (secondary N) is 2. The van der Waals surface area contributed by atoms with Crippen molar-refractivity contribution >= 4 is 15.7 Å². The average molecular weight is 286 g/mol.